The van der Waals surface area contributed by atoms with Gasteiger partial charge in [0.2, 0.25) is 0 Å². The molecule has 3 heterocycles. The third kappa shape index (κ3) is 3.44. The number of nitrogens with one attached hydrogen (secondary N) is 1. The van der Waals surface area contributed by atoms with E-state index in [4.69, 9.17) is 4.74 Å². The summed E-state index contributed by atoms with van der Waals surface area (Å²) in [6, 6.07) is 6.18. The second kappa shape index (κ2) is 7.30. The lowest BCUT2D eigenvalue weighted by atomic mass is 10.1. The maximum Gasteiger partial charge on any atom is 0.274 e. The molecule has 0 bridgehead atoms. The number of likely N-dealkylation sites (tertiary alicyclic amines) is 1. The number of fused-ring (bicyclic) bond motifs is 1. The van der Waals surface area contributed by atoms with Crippen molar-refractivity contribution >= 4 is 5.52 Å². The van der Waals surface area contributed by atoms with E-state index in [-0.39, 0.29) is 23.5 Å². The highest BCUT2D eigenvalue weighted by molar-refractivity contribution is 5.44. The Kier molecular flexibility index (Phi) is 4.62. The van der Waals surface area contributed by atoms with Gasteiger partial charge in [-0.3, -0.25) is 14.1 Å². The van der Waals surface area contributed by atoms with Gasteiger partial charge in [0.25, 0.3) is 5.56 Å². The molecule has 1 N–H and O–H groups in total. The number of benzene rings is 1. The molecule has 1 atom stereocenters. The minimum atomic E-state index is -0.267. The molecule has 3 aromatic rings. The smallest absolute Gasteiger partial charge is 0.274 e. The van der Waals surface area contributed by atoms with E-state index in [1.54, 1.807) is 18.3 Å². The molecule has 1 unspecified atom stereocenters. The molecular formula is C22H25FN4O2. The monoisotopic (exact) mass is 396 g/mol. The summed E-state index contributed by atoms with van der Waals surface area (Å²) in [5, 5.41) is 0. The van der Waals surface area contributed by atoms with Gasteiger partial charge in [0.1, 0.15) is 29.0 Å². The van der Waals surface area contributed by atoms with E-state index in [1.165, 1.54) is 25.0 Å². The van der Waals surface area contributed by atoms with Crippen LogP contribution in [0.4, 0.5) is 4.39 Å². The fourth-order valence-corrected chi connectivity index (χ4v) is 4.51. The van der Waals surface area contributed by atoms with E-state index in [0.29, 0.717) is 17.2 Å². The minimum absolute atomic E-state index is 0.0685. The van der Waals surface area contributed by atoms with E-state index in [0.717, 1.165) is 37.4 Å². The Morgan fingerprint density at radius 2 is 1.93 bits per heavy atom. The van der Waals surface area contributed by atoms with Crippen molar-refractivity contribution in [2.24, 2.45) is 0 Å². The summed E-state index contributed by atoms with van der Waals surface area (Å²) in [5.74, 6) is 1.87. The van der Waals surface area contributed by atoms with Gasteiger partial charge in [0.05, 0.1) is 11.9 Å². The Balaban J connectivity index is 1.31. The summed E-state index contributed by atoms with van der Waals surface area (Å²) < 4.78 is 20.9. The molecule has 0 amide bonds. The van der Waals surface area contributed by atoms with E-state index in [2.05, 4.69) is 21.8 Å². The van der Waals surface area contributed by atoms with Crippen LogP contribution in [0.2, 0.25) is 0 Å². The molecule has 2 aromatic heterocycles. The van der Waals surface area contributed by atoms with Crippen molar-refractivity contribution in [2.75, 3.05) is 13.1 Å². The molecule has 29 heavy (non-hydrogen) atoms. The normalized spacial score (nSPS) is 19.5. The maximum absolute atomic E-state index is 13.0. The zero-order chi connectivity index (χ0) is 20.0. The van der Waals surface area contributed by atoms with Crippen LogP contribution in [0.1, 0.15) is 56.1 Å². The van der Waals surface area contributed by atoms with Gasteiger partial charge >= 0.3 is 0 Å². The lowest BCUT2D eigenvalue weighted by molar-refractivity contribution is -0.00643. The van der Waals surface area contributed by atoms with Gasteiger partial charge in [-0.05, 0) is 44.0 Å². The van der Waals surface area contributed by atoms with Gasteiger partial charge in [0, 0.05) is 31.2 Å². The van der Waals surface area contributed by atoms with Crippen LogP contribution in [0.15, 0.2) is 41.5 Å². The van der Waals surface area contributed by atoms with Gasteiger partial charge in [-0.25, -0.2) is 9.37 Å². The number of H-pyrrole nitrogens is 1. The molecule has 0 radical (unpaired) electrons. The lowest BCUT2D eigenvalue weighted by Crippen LogP contribution is -2.54. The quantitative estimate of drug-likeness (QED) is 0.715. The van der Waals surface area contributed by atoms with Crippen molar-refractivity contribution in [1.82, 2.24) is 19.3 Å². The average Bonchev–Trinajstić information content (AvgIpc) is 3.34. The van der Waals surface area contributed by atoms with E-state index in [1.807, 2.05) is 10.6 Å². The standard InChI is InChI=1S/C22H25FN4O2/c1-14(26-11-18(12-26)29-17-8-6-16(23)7-9-17)19-13-27-20(22(28)25-19)10-24-21(27)15-4-2-3-5-15/h6-10,13-15,18H,2-5,11-12H2,1H3,(H,25,28). The molecule has 7 heteroatoms. The maximum atomic E-state index is 13.0. The highest BCUT2D eigenvalue weighted by atomic mass is 19.1. The molecule has 2 fully saturated rings. The van der Waals surface area contributed by atoms with Crippen LogP contribution < -0.4 is 10.3 Å². The van der Waals surface area contributed by atoms with E-state index in [9.17, 15) is 9.18 Å². The molecule has 1 aromatic carbocycles. The van der Waals surface area contributed by atoms with Crippen molar-refractivity contribution in [3.05, 3.63) is 64.3 Å². The van der Waals surface area contributed by atoms with Crippen LogP contribution in [-0.2, 0) is 0 Å². The molecule has 1 saturated heterocycles. The summed E-state index contributed by atoms with van der Waals surface area (Å²) in [6.45, 7) is 3.62. The van der Waals surface area contributed by atoms with Gasteiger partial charge in [-0.1, -0.05) is 12.8 Å². The number of aromatic amines is 1. The SMILES string of the molecule is CC(c1cn2c(C3CCCC3)ncc2c(=O)[nH]1)N1CC(Oc2ccc(F)cc2)C1. The molecule has 0 spiro atoms. The number of nitrogens with zero attached hydrogens (tertiary/aromatic N) is 3. The van der Waals surface area contributed by atoms with E-state index < -0.39 is 0 Å². The van der Waals surface area contributed by atoms with Crippen LogP contribution in [-0.4, -0.2) is 38.5 Å². The molecule has 1 aliphatic heterocycles. The number of imidazole rings is 1. The topological polar surface area (TPSA) is 62.6 Å². The van der Waals surface area contributed by atoms with Crippen molar-refractivity contribution in [1.29, 1.82) is 0 Å². The number of halogens is 1. The summed E-state index contributed by atoms with van der Waals surface area (Å²) >= 11 is 0. The van der Waals surface area contributed by atoms with Crippen molar-refractivity contribution in [3.63, 3.8) is 0 Å². The van der Waals surface area contributed by atoms with Gasteiger partial charge in [-0.2, -0.15) is 0 Å². The first-order valence-electron chi connectivity index (χ1n) is 10.3. The minimum Gasteiger partial charge on any atom is -0.488 e. The fourth-order valence-electron chi connectivity index (χ4n) is 4.51. The van der Waals surface area contributed by atoms with Crippen LogP contribution >= 0.6 is 0 Å². The summed E-state index contributed by atoms with van der Waals surface area (Å²) in [6.07, 6.45) is 8.55. The first kappa shape index (κ1) is 18.4. The Morgan fingerprint density at radius 3 is 2.66 bits per heavy atom. The van der Waals surface area contributed by atoms with Gasteiger partial charge in [0.15, 0.2) is 0 Å². The fraction of sp³-hybridized carbons (Fsp3) is 0.455. The lowest BCUT2D eigenvalue weighted by Gasteiger charge is -2.42. The number of rotatable bonds is 5. The number of aromatic nitrogens is 3. The van der Waals surface area contributed by atoms with Crippen molar-refractivity contribution in [2.45, 2.75) is 50.7 Å². The summed E-state index contributed by atoms with van der Waals surface area (Å²) in [4.78, 5) is 22.5. The third-order valence-electron chi connectivity index (χ3n) is 6.29. The Bertz CT molecular complexity index is 1060. The zero-order valence-electron chi connectivity index (χ0n) is 16.5. The molecule has 2 aliphatic rings. The Labute approximate surface area is 168 Å². The first-order valence-corrected chi connectivity index (χ1v) is 10.3. The van der Waals surface area contributed by atoms with Crippen molar-refractivity contribution < 1.29 is 9.13 Å². The van der Waals surface area contributed by atoms with Crippen molar-refractivity contribution in [3.8, 4) is 5.75 Å². The molecule has 1 saturated carbocycles. The first-order chi connectivity index (χ1) is 14.1. The zero-order valence-corrected chi connectivity index (χ0v) is 16.5. The Morgan fingerprint density at radius 1 is 1.21 bits per heavy atom. The van der Waals surface area contributed by atoms with Crippen LogP contribution in [0.3, 0.4) is 0 Å². The molecule has 1 aliphatic carbocycles. The highest BCUT2D eigenvalue weighted by Crippen LogP contribution is 2.34. The molecule has 152 valence electrons. The summed E-state index contributed by atoms with van der Waals surface area (Å²) in [5.41, 5.74) is 1.41. The van der Waals surface area contributed by atoms with Gasteiger partial charge < -0.3 is 9.72 Å². The third-order valence-corrected chi connectivity index (χ3v) is 6.29. The van der Waals surface area contributed by atoms with Crippen LogP contribution in [0, 0.1) is 5.82 Å². The molecule has 6 nitrogen and oxygen atoms in total. The highest BCUT2D eigenvalue weighted by Gasteiger charge is 2.33. The van der Waals surface area contributed by atoms with Crippen LogP contribution in [0.25, 0.3) is 5.52 Å². The predicted molar refractivity (Wildman–Crippen MR) is 108 cm³/mol. The second-order valence-corrected chi connectivity index (χ2v) is 8.22. The van der Waals surface area contributed by atoms with Gasteiger partial charge in [-0.15, -0.1) is 0 Å². The largest absolute Gasteiger partial charge is 0.488 e. The Hall–Kier alpha value is -2.67. The number of ether oxygens (including phenoxy) is 1. The van der Waals surface area contributed by atoms with E-state index >= 15 is 0 Å². The predicted octanol–water partition coefficient (Wildman–Crippen LogP) is 3.64. The number of hydrogen-bond donors (Lipinski definition) is 1. The average molecular weight is 396 g/mol. The number of hydrogen-bond acceptors (Lipinski definition) is 4. The second-order valence-electron chi connectivity index (χ2n) is 8.22. The summed E-state index contributed by atoms with van der Waals surface area (Å²) in [7, 11) is 0. The van der Waals surface area contributed by atoms with Crippen LogP contribution in [0.5, 0.6) is 5.75 Å². The molecule has 5 rings (SSSR count). The molecular weight excluding hydrogens is 371 g/mol.